The van der Waals surface area contributed by atoms with Gasteiger partial charge in [0.05, 0.1) is 27.7 Å². The molecule has 2 aliphatic rings. The molecule has 9 nitrogen and oxygen atoms in total. The Morgan fingerprint density at radius 2 is 1.37 bits per heavy atom. The maximum atomic E-state index is 11.2. The van der Waals surface area contributed by atoms with Crippen LogP contribution in [0.2, 0.25) is 0 Å². The molecule has 0 amide bonds. The Balaban J connectivity index is 1.16. The molecule has 228 valence electrons. The van der Waals surface area contributed by atoms with E-state index in [2.05, 4.69) is 35.9 Å². The van der Waals surface area contributed by atoms with E-state index in [-0.39, 0.29) is 11.2 Å². The molecular weight excluding hydrogens is 643 g/mol. The number of pyridine rings is 3. The first-order valence-electron chi connectivity index (χ1n) is 14.3. The summed E-state index contributed by atoms with van der Waals surface area (Å²) in [6.07, 6.45) is 3.26. The minimum Gasteiger partial charge on any atom is -0.485 e. The van der Waals surface area contributed by atoms with E-state index in [0.717, 1.165) is 26.8 Å². The van der Waals surface area contributed by atoms with Crippen molar-refractivity contribution in [3.63, 3.8) is 0 Å². The first-order chi connectivity index (χ1) is 22.4. The lowest BCUT2D eigenvalue weighted by atomic mass is 9.83. The van der Waals surface area contributed by atoms with Crippen molar-refractivity contribution >= 4 is 47.0 Å². The highest BCUT2D eigenvalue weighted by atomic mass is 32.1. The van der Waals surface area contributed by atoms with E-state index >= 15 is 0 Å². The summed E-state index contributed by atoms with van der Waals surface area (Å²) in [5.74, 6) is 2.28. The number of carbonyl (C=O) groups is 2. The summed E-state index contributed by atoms with van der Waals surface area (Å²) in [4.78, 5) is 41.8. The molecule has 0 spiro atoms. The average Bonchev–Trinajstić information content (AvgIpc) is 3.85. The first-order valence-corrected chi connectivity index (χ1v) is 16.8. The zero-order valence-electron chi connectivity index (χ0n) is 24.4. The van der Waals surface area contributed by atoms with Gasteiger partial charge in [0.25, 0.3) is 12.9 Å². The van der Waals surface area contributed by atoms with E-state index in [4.69, 9.17) is 23.9 Å². The predicted molar refractivity (Wildman–Crippen MR) is 177 cm³/mol. The second-order valence-corrected chi connectivity index (χ2v) is 14.1. The van der Waals surface area contributed by atoms with Crippen LogP contribution in [0.25, 0.3) is 52.7 Å². The molecule has 0 radical (unpaired) electrons. The van der Waals surface area contributed by atoms with Gasteiger partial charge < -0.3 is 18.9 Å². The summed E-state index contributed by atoms with van der Waals surface area (Å²) in [5.41, 5.74) is 5.45. The van der Waals surface area contributed by atoms with Crippen molar-refractivity contribution in [2.45, 2.75) is 19.3 Å². The molecule has 0 atom stereocenters. The summed E-state index contributed by atoms with van der Waals surface area (Å²) in [7, 11) is 0. The van der Waals surface area contributed by atoms with Crippen LogP contribution in [-0.2, 0) is 15.0 Å². The third-order valence-corrected chi connectivity index (χ3v) is 11.6. The Morgan fingerprint density at radius 3 is 2.13 bits per heavy atom. The molecule has 0 N–H and O–H groups in total. The van der Waals surface area contributed by atoms with Crippen LogP contribution in [-0.4, -0.2) is 41.1 Å². The highest BCUT2D eigenvalue weighted by Crippen LogP contribution is 2.59. The standard InChI is InChI=1S/C34H23N3O6S3/c1-34(2)21-13-28(45-31(21)32-22(34)14-29(46-32)33-30-27(15-44-33)40-7-8-41-30)18-3-5-35-23(9-18)25-11-20(43-17-39)12-26(37-25)24-10-19(42-16-38)4-6-36-24/h3-6,9-17H,7-8H2,1-2H3. The van der Waals surface area contributed by atoms with Gasteiger partial charge in [-0.3, -0.25) is 19.6 Å². The summed E-state index contributed by atoms with van der Waals surface area (Å²) >= 11 is 5.23. The zero-order chi connectivity index (χ0) is 31.4. The van der Waals surface area contributed by atoms with E-state index < -0.39 is 0 Å². The van der Waals surface area contributed by atoms with Gasteiger partial charge in [-0.15, -0.1) is 34.0 Å². The van der Waals surface area contributed by atoms with Gasteiger partial charge in [-0.25, -0.2) is 4.98 Å². The molecule has 8 rings (SSSR count). The van der Waals surface area contributed by atoms with Crippen LogP contribution in [0, 0.1) is 0 Å². The minimum atomic E-state index is -0.162. The highest BCUT2D eigenvalue weighted by molar-refractivity contribution is 7.27. The van der Waals surface area contributed by atoms with Crippen LogP contribution >= 0.6 is 34.0 Å². The third kappa shape index (κ3) is 4.77. The van der Waals surface area contributed by atoms with Gasteiger partial charge in [0, 0.05) is 60.9 Å². The lowest BCUT2D eigenvalue weighted by Gasteiger charge is -2.19. The molecular formula is C34H23N3O6S3. The Kier molecular flexibility index (Phi) is 6.93. The molecule has 0 fully saturated rings. The van der Waals surface area contributed by atoms with Crippen LogP contribution < -0.4 is 18.9 Å². The van der Waals surface area contributed by atoms with E-state index in [1.54, 1.807) is 64.5 Å². The lowest BCUT2D eigenvalue weighted by Crippen LogP contribution is -2.14. The van der Waals surface area contributed by atoms with Crippen molar-refractivity contribution in [2.75, 3.05) is 13.2 Å². The summed E-state index contributed by atoms with van der Waals surface area (Å²) in [5, 5.41) is 2.03. The number of carbonyl (C=O) groups excluding carboxylic acids is 2. The Bertz CT molecular complexity index is 2160. The third-order valence-electron chi connectivity index (χ3n) is 8.01. The second-order valence-electron chi connectivity index (χ2n) is 11.1. The molecule has 0 bridgehead atoms. The summed E-state index contributed by atoms with van der Waals surface area (Å²) in [6, 6.07) is 15.0. The van der Waals surface area contributed by atoms with E-state index in [0.29, 0.717) is 54.7 Å². The van der Waals surface area contributed by atoms with Crippen molar-refractivity contribution in [1.82, 2.24) is 15.0 Å². The lowest BCUT2D eigenvalue weighted by molar-refractivity contribution is -0.121. The maximum Gasteiger partial charge on any atom is 0.298 e. The average molecular weight is 666 g/mol. The molecule has 0 saturated heterocycles. The van der Waals surface area contributed by atoms with Gasteiger partial charge in [-0.1, -0.05) is 13.8 Å². The number of aromatic nitrogens is 3. The zero-order valence-corrected chi connectivity index (χ0v) is 26.9. The Hall–Kier alpha value is -4.91. The van der Waals surface area contributed by atoms with E-state index in [1.165, 1.54) is 32.0 Å². The number of hydrogen-bond acceptors (Lipinski definition) is 12. The van der Waals surface area contributed by atoms with Crippen molar-refractivity contribution < 1.29 is 28.5 Å². The van der Waals surface area contributed by atoms with Gasteiger partial charge >= 0.3 is 0 Å². The normalized spacial score (nSPS) is 14.0. The van der Waals surface area contributed by atoms with Crippen LogP contribution in [0.3, 0.4) is 0 Å². The fraction of sp³-hybridized carbons (Fsp3) is 0.147. The number of fused-ring (bicyclic) bond motifs is 4. The van der Waals surface area contributed by atoms with Crippen LogP contribution in [0.1, 0.15) is 25.0 Å². The van der Waals surface area contributed by atoms with Crippen molar-refractivity contribution in [3.05, 3.63) is 77.4 Å². The molecule has 0 saturated carbocycles. The number of thiophene rings is 3. The monoisotopic (exact) mass is 665 g/mol. The fourth-order valence-corrected chi connectivity index (χ4v) is 9.61. The topological polar surface area (TPSA) is 110 Å². The van der Waals surface area contributed by atoms with Crippen molar-refractivity contribution in [2.24, 2.45) is 0 Å². The maximum absolute atomic E-state index is 11.2. The first kappa shape index (κ1) is 28.6. The Morgan fingerprint density at radius 1 is 0.739 bits per heavy atom. The quantitative estimate of drug-likeness (QED) is 0.150. The van der Waals surface area contributed by atoms with Crippen molar-refractivity contribution in [1.29, 1.82) is 0 Å². The van der Waals surface area contributed by atoms with Crippen molar-refractivity contribution in [3.8, 4) is 75.7 Å². The molecule has 0 aromatic carbocycles. The van der Waals surface area contributed by atoms with Crippen LogP contribution in [0.15, 0.2) is 66.3 Å². The summed E-state index contributed by atoms with van der Waals surface area (Å²) in [6.45, 7) is 6.40. The van der Waals surface area contributed by atoms with Gasteiger partial charge in [-0.2, -0.15) is 0 Å². The summed E-state index contributed by atoms with van der Waals surface area (Å²) < 4.78 is 22.0. The second kappa shape index (κ2) is 11.2. The van der Waals surface area contributed by atoms with E-state index in [1.807, 2.05) is 17.5 Å². The molecule has 7 heterocycles. The minimum absolute atomic E-state index is 0.162. The number of nitrogens with zero attached hydrogens (tertiary/aromatic N) is 3. The molecule has 1 aliphatic heterocycles. The number of rotatable bonds is 8. The van der Waals surface area contributed by atoms with Gasteiger partial charge in [0.2, 0.25) is 0 Å². The molecule has 12 heteroatoms. The highest BCUT2D eigenvalue weighted by Gasteiger charge is 2.40. The molecule has 0 unspecified atom stereocenters. The van der Waals surface area contributed by atoms with Crippen LogP contribution in [0.5, 0.6) is 23.0 Å². The van der Waals surface area contributed by atoms with Gasteiger partial charge in [-0.05, 0) is 47.0 Å². The number of ether oxygens (including phenoxy) is 4. The Labute approximate surface area is 275 Å². The molecule has 6 aromatic rings. The van der Waals surface area contributed by atoms with Gasteiger partial charge in [0.15, 0.2) is 11.5 Å². The SMILES string of the molecule is CC1(C)c2cc(-c3ccnc(-c4cc(OC=O)cc(-c5cc(OC=O)ccn5)n4)c3)sc2-c2sc(-c3scc4c3OCCO4)cc21. The fourth-order valence-electron chi connectivity index (χ4n) is 5.78. The molecule has 6 aromatic heterocycles. The van der Waals surface area contributed by atoms with Gasteiger partial charge in [0.1, 0.15) is 24.7 Å². The molecule has 1 aliphatic carbocycles. The predicted octanol–water partition coefficient (Wildman–Crippen LogP) is 7.87. The van der Waals surface area contributed by atoms with E-state index in [9.17, 15) is 9.59 Å². The molecule has 46 heavy (non-hydrogen) atoms. The van der Waals surface area contributed by atoms with Crippen LogP contribution in [0.4, 0.5) is 0 Å². The smallest absolute Gasteiger partial charge is 0.298 e. The number of hydrogen-bond donors (Lipinski definition) is 0. The largest absolute Gasteiger partial charge is 0.485 e.